The predicted octanol–water partition coefficient (Wildman–Crippen LogP) is 2.66. The zero-order valence-electron chi connectivity index (χ0n) is 12.0. The van der Waals surface area contributed by atoms with Crippen molar-refractivity contribution in [2.24, 2.45) is 0 Å². The fourth-order valence-corrected chi connectivity index (χ4v) is 2.01. The van der Waals surface area contributed by atoms with Crippen molar-refractivity contribution in [1.82, 2.24) is 5.32 Å². The van der Waals surface area contributed by atoms with Crippen LogP contribution < -0.4 is 10.1 Å². The van der Waals surface area contributed by atoms with E-state index in [9.17, 15) is 4.79 Å². The van der Waals surface area contributed by atoms with Crippen molar-refractivity contribution in [2.45, 2.75) is 39.7 Å². The number of benzene rings is 1. The van der Waals surface area contributed by atoms with Gasteiger partial charge in [-0.15, -0.1) is 0 Å². The van der Waals surface area contributed by atoms with Crippen molar-refractivity contribution in [2.75, 3.05) is 13.7 Å². The van der Waals surface area contributed by atoms with Crippen molar-refractivity contribution in [1.29, 1.82) is 0 Å². The van der Waals surface area contributed by atoms with E-state index in [0.717, 1.165) is 31.7 Å². The molecule has 2 N–H and O–H groups in total. The van der Waals surface area contributed by atoms with Crippen molar-refractivity contribution < 1.29 is 14.6 Å². The summed E-state index contributed by atoms with van der Waals surface area (Å²) in [5.41, 5.74) is 3.68. The molecule has 0 saturated carbocycles. The molecule has 4 heteroatoms. The number of carboxylic acids is 1. The number of unbranched alkanes of at least 4 members (excludes halogenated alkanes) is 1. The smallest absolute Gasteiger partial charge is 0.303 e. The molecule has 0 fully saturated rings. The summed E-state index contributed by atoms with van der Waals surface area (Å²) < 4.78 is 5.28. The van der Waals surface area contributed by atoms with Gasteiger partial charge in [0.25, 0.3) is 0 Å². The molecule has 0 aromatic heterocycles. The normalized spacial score (nSPS) is 10.5. The van der Waals surface area contributed by atoms with Crippen molar-refractivity contribution in [3.63, 3.8) is 0 Å². The lowest BCUT2D eigenvalue weighted by Gasteiger charge is -2.13. The van der Waals surface area contributed by atoms with Crippen LogP contribution in [-0.2, 0) is 11.3 Å². The summed E-state index contributed by atoms with van der Waals surface area (Å²) in [7, 11) is 1.68. The van der Waals surface area contributed by atoms with Gasteiger partial charge in [0, 0.05) is 13.0 Å². The third-order valence-corrected chi connectivity index (χ3v) is 3.38. The number of hydrogen-bond donors (Lipinski definition) is 2. The maximum atomic E-state index is 10.4. The number of rotatable bonds is 8. The molecule has 0 radical (unpaired) electrons. The highest BCUT2D eigenvalue weighted by Crippen LogP contribution is 2.23. The zero-order chi connectivity index (χ0) is 14.3. The van der Waals surface area contributed by atoms with E-state index in [0.29, 0.717) is 0 Å². The molecular formula is C15H23NO3. The lowest BCUT2D eigenvalue weighted by molar-refractivity contribution is -0.137. The highest BCUT2D eigenvalue weighted by molar-refractivity contribution is 5.66. The van der Waals surface area contributed by atoms with Crippen LogP contribution in [-0.4, -0.2) is 24.7 Å². The molecule has 0 saturated heterocycles. The van der Waals surface area contributed by atoms with E-state index in [4.69, 9.17) is 9.84 Å². The lowest BCUT2D eigenvalue weighted by atomic mass is 10.0. The van der Waals surface area contributed by atoms with Crippen LogP contribution in [0.2, 0.25) is 0 Å². The Balaban J connectivity index is 2.38. The van der Waals surface area contributed by atoms with E-state index in [1.807, 2.05) is 6.07 Å². The van der Waals surface area contributed by atoms with Crippen molar-refractivity contribution >= 4 is 5.97 Å². The fraction of sp³-hybridized carbons (Fsp3) is 0.533. The standard InChI is InChI=1S/C15H23NO3/c1-11-12(2)14(19-3)8-7-13(11)10-16-9-5-4-6-15(17)18/h7-8,16H,4-6,9-10H2,1-3H3,(H,17,18). The van der Waals surface area contributed by atoms with Crippen LogP contribution in [0.3, 0.4) is 0 Å². The van der Waals surface area contributed by atoms with Gasteiger partial charge in [0.05, 0.1) is 7.11 Å². The molecule has 0 aliphatic carbocycles. The van der Waals surface area contributed by atoms with E-state index < -0.39 is 5.97 Å². The minimum atomic E-state index is -0.721. The van der Waals surface area contributed by atoms with E-state index in [1.54, 1.807) is 7.11 Å². The summed E-state index contributed by atoms with van der Waals surface area (Å²) in [6.07, 6.45) is 1.87. The molecule has 1 aromatic carbocycles. The number of carbonyl (C=O) groups is 1. The van der Waals surface area contributed by atoms with Crippen LogP contribution >= 0.6 is 0 Å². The molecule has 0 bridgehead atoms. The lowest BCUT2D eigenvalue weighted by Crippen LogP contribution is -2.16. The minimum absolute atomic E-state index is 0.252. The average Bonchev–Trinajstić information content (AvgIpc) is 2.38. The van der Waals surface area contributed by atoms with Crippen LogP contribution in [0.5, 0.6) is 5.75 Å². The molecule has 4 nitrogen and oxygen atoms in total. The van der Waals surface area contributed by atoms with Crippen LogP contribution in [0.1, 0.15) is 36.0 Å². The molecule has 19 heavy (non-hydrogen) atoms. The first-order valence-corrected chi connectivity index (χ1v) is 6.62. The number of hydrogen-bond acceptors (Lipinski definition) is 3. The first-order chi connectivity index (χ1) is 9.06. The largest absolute Gasteiger partial charge is 0.496 e. The van der Waals surface area contributed by atoms with Crippen molar-refractivity contribution in [3.05, 3.63) is 28.8 Å². The van der Waals surface area contributed by atoms with Gasteiger partial charge in [-0.3, -0.25) is 4.79 Å². The van der Waals surface area contributed by atoms with Gasteiger partial charge in [0.1, 0.15) is 5.75 Å². The molecule has 0 aliphatic rings. The molecule has 1 aromatic rings. The van der Waals surface area contributed by atoms with Crippen LogP contribution in [0.15, 0.2) is 12.1 Å². The van der Waals surface area contributed by atoms with Gasteiger partial charge in [-0.2, -0.15) is 0 Å². The van der Waals surface area contributed by atoms with E-state index in [-0.39, 0.29) is 6.42 Å². The Hall–Kier alpha value is -1.55. The fourth-order valence-electron chi connectivity index (χ4n) is 2.01. The molecule has 1 rings (SSSR count). The second-order valence-electron chi connectivity index (χ2n) is 4.70. The van der Waals surface area contributed by atoms with Gasteiger partial charge < -0.3 is 15.2 Å². The quantitative estimate of drug-likeness (QED) is 0.709. The van der Waals surface area contributed by atoms with E-state index in [1.165, 1.54) is 16.7 Å². The topological polar surface area (TPSA) is 58.6 Å². The Labute approximate surface area is 114 Å². The number of methoxy groups -OCH3 is 1. The summed E-state index contributed by atoms with van der Waals surface area (Å²) in [6, 6.07) is 4.06. The van der Waals surface area contributed by atoms with Gasteiger partial charge in [0.2, 0.25) is 0 Å². The molecule has 106 valence electrons. The molecular weight excluding hydrogens is 242 g/mol. The summed E-state index contributed by atoms with van der Waals surface area (Å²) in [5.74, 6) is 0.198. The third-order valence-electron chi connectivity index (χ3n) is 3.38. The Bertz CT molecular complexity index is 430. The molecule has 0 amide bonds. The Morgan fingerprint density at radius 2 is 2.00 bits per heavy atom. The van der Waals surface area contributed by atoms with Crippen LogP contribution in [0.4, 0.5) is 0 Å². The molecule has 0 spiro atoms. The molecule has 0 aliphatic heterocycles. The van der Waals surface area contributed by atoms with Gasteiger partial charge >= 0.3 is 5.97 Å². The third kappa shape index (κ3) is 4.91. The average molecular weight is 265 g/mol. The second kappa shape index (κ2) is 7.79. The van der Waals surface area contributed by atoms with Crippen LogP contribution in [0, 0.1) is 13.8 Å². The van der Waals surface area contributed by atoms with Gasteiger partial charge in [0.15, 0.2) is 0 Å². The SMILES string of the molecule is COc1ccc(CNCCCCC(=O)O)c(C)c1C. The summed E-state index contributed by atoms with van der Waals surface area (Å²) >= 11 is 0. The van der Waals surface area contributed by atoms with Gasteiger partial charge in [-0.05, 0) is 56.0 Å². The van der Waals surface area contributed by atoms with Gasteiger partial charge in [-0.1, -0.05) is 6.07 Å². The Morgan fingerprint density at radius 3 is 2.63 bits per heavy atom. The van der Waals surface area contributed by atoms with Gasteiger partial charge in [-0.25, -0.2) is 0 Å². The first-order valence-electron chi connectivity index (χ1n) is 6.62. The predicted molar refractivity (Wildman–Crippen MR) is 75.7 cm³/mol. The summed E-state index contributed by atoms with van der Waals surface area (Å²) in [5, 5.41) is 11.9. The number of nitrogens with one attached hydrogen (secondary N) is 1. The monoisotopic (exact) mass is 265 g/mol. The zero-order valence-corrected chi connectivity index (χ0v) is 12.0. The highest BCUT2D eigenvalue weighted by atomic mass is 16.5. The summed E-state index contributed by atoms with van der Waals surface area (Å²) in [6.45, 7) is 5.81. The molecule has 0 atom stereocenters. The molecule has 0 heterocycles. The Kier molecular flexibility index (Phi) is 6.36. The molecule has 0 unspecified atom stereocenters. The van der Waals surface area contributed by atoms with Crippen LogP contribution in [0.25, 0.3) is 0 Å². The maximum absolute atomic E-state index is 10.4. The Morgan fingerprint density at radius 1 is 1.26 bits per heavy atom. The summed E-state index contributed by atoms with van der Waals surface area (Å²) in [4.78, 5) is 10.4. The van der Waals surface area contributed by atoms with E-state index >= 15 is 0 Å². The second-order valence-corrected chi connectivity index (χ2v) is 4.70. The van der Waals surface area contributed by atoms with Crippen molar-refractivity contribution in [3.8, 4) is 5.75 Å². The number of aliphatic carboxylic acids is 1. The minimum Gasteiger partial charge on any atom is -0.496 e. The number of carboxylic acid groups (broad SMARTS) is 1. The highest BCUT2D eigenvalue weighted by Gasteiger charge is 2.06. The maximum Gasteiger partial charge on any atom is 0.303 e. The first kappa shape index (κ1) is 15.5. The van der Waals surface area contributed by atoms with E-state index in [2.05, 4.69) is 25.2 Å². The number of ether oxygens (including phenoxy) is 1.